The molecule has 0 aliphatic carbocycles. The zero-order valence-electron chi connectivity index (χ0n) is 9.13. The van der Waals surface area contributed by atoms with Crippen molar-refractivity contribution < 1.29 is 5.11 Å². The zero-order valence-corrected chi connectivity index (χ0v) is 9.94. The van der Waals surface area contributed by atoms with Crippen LogP contribution in [0, 0.1) is 0 Å². The van der Waals surface area contributed by atoms with E-state index >= 15 is 0 Å². The zero-order chi connectivity index (χ0) is 11.4. The fourth-order valence-corrected chi connectivity index (χ4v) is 2.52. The molecule has 2 rings (SSSR count). The van der Waals surface area contributed by atoms with Crippen LogP contribution in [-0.4, -0.2) is 15.3 Å². The molecule has 0 bridgehead atoms. The van der Waals surface area contributed by atoms with E-state index < -0.39 is 6.10 Å². The molecule has 2 aromatic rings. The molecule has 0 radical (unpaired) electrons. The van der Waals surface area contributed by atoms with Gasteiger partial charge in [-0.05, 0) is 24.6 Å². The van der Waals surface area contributed by atoms with Crippen molar-refractivity contribution in [1.29, 1.82) is 0 Å². The largest absolute Gasteiger partial charge is 0.388 e. The number of rotatable bonds is 4. The number of aryl methyl sites for hydroxylation is 1. The normalized spacial score (nSPS) is 12.6. The Balaban J connectivity index is 2.05. The molecule has 3 nitrogen and oxygen atoms in total. The predicted molar refractivity (Wildman–Crippen MR) is 64.4 cm³/mol. The summed E-state index contributed by atoms with van der Waals surface area (Å²) in [6, 6.07) is 6.00. The summed E-state index contributed by atoms with van der Waals surface area (Å²) in [4.78, 5) is 2.57. The van der Waals surface area contributed by atoms with E-state index in [1.807, 2.05) is 0 Å². The number of aliphatic hydroxyl groups excluding tert-OH is 1. The first-order valence-electron chi connectivity index (χ1n) is 5.32. The summed E-state index contributed by atoms with van der Waals surface area (Å²) in [7, 11) is 0. The van der Waals surface area contributed by atoms with Crippen molar-refractivity contribution >= 4 is 11.3 Å². The van der Waals surface area contributed by atoms with Gasteiger partial charge in [0.2, 0.25) is 0 Å². The number of hydrogen-bond donors (Lipinski definition) is 1. The molecule has 1 unspecified atom stereocenters. The lowest BCUT2D eigenvalue weighted by molar-refractivity contribution is 0.179. The SMILES string of the molecule is CCc1ccc(CC(O)c2ccnnc2)s1. The van der Waals surface area contributed by atoms with Crippen molar-refractivity contribution in [2.45, 2.75) is 25.9 Å². The van der Waals surface area contributed by atoms with Crippen LogP contribution in [0.25, 0.3) is 0 Å². The molecule has 0 spiro atoms. The molecular formula is C12H14N2OS. The Bertz CT molecular complexity index is 441. The quantitative estimate of drug-likeness (QED) is 0.883. The van der Waals surface area contributed by atoms with Crippen LogP contribution < -0.4 is 0 Å². The van der Waals surface area contributed by atoms with Crippen LogP contribution in [0.15, 0.2) is 30.6 Å². The lowest BCUT2D eigenvalue weighted by Crippen LogP contribution is -2.01. The highest BCUT2D eigenvalue weighted by atomic mass is 32.1. The molecule has 84 valence electrons. The molecule has 0 saturated heterocycles. The molecule has 1 N–H and O–H groups in total. The van der Waals surface area contributed by atoms with Gasteiger partial charge in [0.1, 0.15) is 0 Å². The summed E-state index contributed by atoms with van der Waals surface area (Å²) in [5.74, 6) is 0. The van der Waals surface area contributed by atoms with Crippen molar-refractivity contribution in [2.24, 2.45) is 0 Å². The molecule has 0 saturated carbocycles. The maximum atomic E-state index is 9.99. The third kappa shape index (κ3) is 2.65. The van der Waals surface area contributed by atoms with Crippen molar-refractivity contribution in [3.8, 4) is 0 Å². The summed E-state index contributed by atoms with van der Waals surface area (Å²) >= 11 is 1.76. The Morgan fingerprint density at radius 1 is 1.25 bits per heavy atom. The first kappa shape index (κ1) is 11.2. The molecular weight excluding hydrogens is 220 g/mol. The summed E-state index contributed by atoms with van der Waals surface area (Å²) < 4.78 is 0. The number of nitrogens with zero attached hydrogens (tertiary/aromatic N) is 2. The van der Waals surface area contributed by atoms with E-state index in [-0.39, 0.29) is 0 Å². The third-order valence-corrected chi connectivity index (χ3v) is 3.70. The third-order valence-electron chi connectivity index (χ3n) is 2.45. The molecule has 16 heavy (non-hydrogen) atoms. The maximum Gasteiger partial charge on any atom is 0.0854 e. The highest BCUT2D eigenvalue weighted by Gasteiger charge is 2.10. The van der Waals surface area contributed by atoms with Gasteiger partial charge in [0.05, 0.1) is 12.3 Å². The van der Waals surface area contributed by atoms with E-state index in [0.717, 1.165) is 12.0 Å². The number of hydrogen-bond acceptors (Lipinski definition) is 4. The Hall–Kier alpha value is -1.26. The smallest absolute Gasteiger partial charge is 0.0854 e. The average Bonchev–Trinajstić information content (AvgIpc) is 2.78. The summed E-state index contributed by atoms with van der Waals surface area (Å²) in [5.41, 5.74) is 0.821. The minimum Gasteiger partial charge on any atom is -0.388 e. The van der Waals surface area contributed by atoms with E-state index in [9.17, 15) is 5.11 Å². The first-order chi connectivity index (χ1) is 7.79. The molecule has 2 aromatic heterocycles. The number of aliphatic hydroxyl groups is 1. The van der Waals surface area contributed by atoms with Gasteiger partial charge in [-0.1, -0.05) is 6.92 Å². The standard InChI is InChI=1S/C12H14N2OS/c1-2-10-3-4-11(16-10)7-12(15)9-5-6-13-14-8-9/h3-6,8,12,15H,2,7H2,1H3. The van der Waals surface area contributed by atoms with Crippen LogP contribution in [0.5, 0.6) is 0 Å². The molecule has 0 aliphatic heterocycles. The average molecular weight is 234 g/mol. The van der Waals surface area contributed by atoms with Crippen LogP contribution in [0.3, 0.4) is 0 Å². The Morgan fingerprint density at radius 3 is 2.69 bits per heavy atom. The van der Waals surface area contributed by atoms with E-state index in [1.54, 1.807) is 29.8 Å². The lowest BCUT2D eigenvalue weighted by atomic mass is 10.1. The summed E-state index contributed by atoms with van der Waals surface area (Å²) in [6.45, 7) is 2.14. The topological polar surface area (TPSA) is 46.0 Å². The fraction of sp³-hybridized carbons (Fsp3) is 0.333. The van der Waals surface area contributed by atoms with Crippen LogP contribution >= 0.6 is 11.3 Å². The van der Waals surface area contributed by atoms with Gasteiger partial charge in [-0.15, -0.1) is 11.3 Å². The minimum atomic E-state index is -0.487. The highest BCUT2D eigenvalue weighted by molar-refractivity contribution is 7.11. The van der Waals surface area contributed by atoms with Crippen LogP contribution in [0.2, 0.25) is 0 Å². The molecule has 1 atom stereocenters. The molecule has 0 fully saturated rings. The van der Waals surface area contributed by atoms with E-state index in [0.29, 0.717) is 6.42 Å². The molecule has 0 amide bonds. The van der Waals surface area contributed by atoms with Crippen LogP contribution in [-0.2, 0) is 12.8 Å². The van der Waals surface area contributed by atoms with Gasteiger partial charge < -0.3 is 5.11 Å². The van der Waals surface area contributed by atoms with Crippen molar-refractivity contribution in [1.82, 2.24) is 10.2 Å². The van der Waals surface area contributed by atoms with Crippen molar-refractivity contribution in [3.63, 3.8) is 0 Å². The number of aromatic nitrogens is 2. The Labute approximate surface area is 98.8 Å². The van der Waals surface area contributed by atoms with Gasteiger partial charge in [-0.3, -0.25) is 0 Å². The molecule has 2 heterocycles. The van der Waals surface area contributed by atoms with Gasteiger partial charge in [0.25, 0.3) is 0 Å². The highest BCUT2D eigenvalue weighted by Crippen LogP contribution is 2.23. The van der Waals surface area contributed by atoms with Gasteiger partial charge in [0, 0.05) is 27.9 Å². The lowest BCUT2D eigenvalue weighted by Gasteiger charge is -2.07. The second kappa shape index (κ2) is 5.18. The predicted octanol–water partition coefficient (Wildman–Crippen LogP) is 2.38. The van der Waals surface area contributed by atoms with E-state index in [4.69, 9.17) is 0 Å². The summed E-state index contributed by atoms with van der Waals surface area (Å²) in [6.07, 6.45) is 4.43. The van der Waals surface area contributed by atoms with Gasteiger partial charge >= 0.3 is 0 Å². The maximum absolute atomic E-state index is 9.99. The van der Waals surface area contributed by atoms with E-state index in [1.165, 1.54) is 9.75 Å². The van der Waals surface area contributed by atoms with Crippen molar-refractivity contribution in [2.75, 3.05) is 0 Å². The summed E-state index contributed by atoms with van der Waals surface area (Å²) in [5, 5.41) is 17.5. The molecule has 0 aromatic carbocycles. The fourth-order valence-electron chi connectivity index (χ4n) is 1.53. The first-order valence-corrected chi connectivity index (χ1v) is 6.13. The van der Waals surface area contributed by atoms with Gasteiger partial charge in [-0.25, -0.2) is 0 Å². The second-order valence-corrected chi connectivity index (χ2v) is 4.87. The molecule has 4 heteroatoms. The monoisotopic (exact) mass is 234 g/mol. The Morgan fingerprint density at radius 2 is 2.06 bits per heavy atom. The number of thiophene rings is 1. The van der Waals surface area contributed by atoms with Crippen molar-refractivity contribution in [3.05, 3.63) is 45.9 Å². The van der Waals surface area contributed by atoms with Crippen LogP contribution in [0.1, 0.15) is 28.3 Å². The van der Waals surface area contributed by atoms with Crippen LogP contribution in [0.4, 0.5) is 0 Å². The van der Waals surface area contributed by atoms with Gasteiger partial charge in [0.15, 0.2) is 0 Å². The second-order valence-electron chi connectivity index (χ2n) is 3.62. The van der Waals surface area contributed by atoms with Gasteiger partial charge in [-0.2, -0.15) is 10.2 Å². The Kier molecular flexibility index (Phi) is 3.64. The minimum absolute atomic E-state index is 0.487. The molecule has 0 aliphatic rings. The van der Waals surface area contributed by atoms with E-state index in [2.05, 4.69) is 29.3 Å².